The van der Waals surface area contributed by atoms with Gasteiger partial charge in [-0.15, -0.1) is 0 Å². The van der Waals surface area contributed by atoms with Gasteiger partial charge in [-0.3, -0.25) is 0 Å². The smallest absolute Gasteiger partial charge is 0.120 e. The molecule has 0 aliphatic heterocycles. The fourth-order valence-electron chi connectivity index (χ4n) is 1.29. The lowest BCUT2D eigenvalue weighted by Gasteiger charge is -2.11. The Balaban J connectivity index is 3.10. The number of hydroxylamine groups is 1. The first-order valence-corrected chi connectivity index (χ1v) is 4.82. The maximum absolute atomic E-state index is 9.59. The number of benzene rings is 1. The molecule has 4 heteroatoms. The van der Waals surface area contributed by atoms with Gasteiger partial charge in [0.05, 0.1) is 0 Å². The molecule has 0 aliphatic carbocycles. The summed E-state index contributed by atoms with van der Waals surface area (Å²) >= 11 is 6.01. The molecule has 3 N–H and O–H groups in total. The first-order chi connectivity index (χ1) is 6.56. The quantitative estimate of drug-likeness (QED) is 0.680. The van der Waals surface area contributed by atoms with Crippen molar-refractivity contribution < 1.29 is 10.3 Å². The molecule has 3 nitrogen and oxygen atoms in total. The molecule has 1 rings (SSSR count). The van der Waals surface area contributed by atoms with Crippen molar-refractivity contribution in [1.29, 1.82) is 0 Å². The first kappa shape index (κ1) is 11.3. The Morgan fingerprint density at radius 2 is 2.07 bits per heavy atom. The minimum absolute atomic E-state index is 0.152. The van der Waals surface area contributed by atoms with Crippen molar-refractivity contribution in [2.24, 2.45) is 0 Å². The zero-order valence-corrected chi connectivity index (χ0v) is 8.97. The van der Waals surface area contributed by atoms with Gasteiger partial charge in [-0.1, -0.05) is 25.4 Å². The van der Waals surface area contributed by atoms with E-state index >= 15 is 0 Å². The van der Waals surface area contributed by atoms with Crippen LogP contribution < -0.4 is 5.48 Å². The SMILES string of the molecule is CC(C)c1cc(O)c(CNO)cc1Cl. The van der Waals surface area contributed by atoms with Crippen LogP contribution in [0.15, 0.2) is 12.1 Å². The second-order valence-corrected chi connectivity index (χ2v) is 3.90. The Morgan fingerprint density at radius 1 is 1.43 bits per heavy atom. The zero-order valence-electron chi connectivity index (χ0n) is 8.21. The second-order valence-electron chi connectivity index (χ2n) is 3.49. The highest BCUT2D eigenvalue weighted by molar-refractivity contribution is 6.31. The summed E-state index contributed by atoms with van der Waals surface area (Å²) in [5, 5.41) is 18.7. The van der Waals surface area contributed by atoms with E-state index in [0.29, 0.717) is 10.6 Å². The average Bonchev–Trinajstić information content (AvgIpc) is 2.10. The summed E-state index contributed by atoms with van der Waals surface area (Å²) in [6.07, 6.45) is 0. The van der Waals surface area contributed by atoms with Crippen molar-refractivity contribution in [1.82, 2.24) is 5.48 Å². The van der Waals surface area contributed by atoms with Gasteiger partial charge < -0.3 is 10.3 Å². The van der Waals surface area contributed by atoms with Crippen LogP contribution in [0.25, 0.3) is 0 Å². The first-order valence-electron chi connectivity index (χ1n) is 4.44. The van der Waals surface area contributed by atoms with Gasteiger partial charge in [0.25, 0.3) is 0 Å². The number of nitrogens with one attached hydrogen (secondary N) is 1. The Labute approximate surface area is 88.3 Å². The minimum atomic E-state index is 0.152. The van der Waals surface area contributed by atoms with E-state index < -0.39 is 0 Å². The van der Waals surface area contributed by atoms with Crippen molar-refractivity contribution in [3.05, 3.63) is 28.3 Å². The van der Waals surface area contributed by atoms with Gasteiger partial charge in [0.1, 0.15) is 5.75 Å². The van der Waals surface area contributed by atoms with E-state index in [0.717, 1.165) is 5.56 Å². The molecule has 0 unspecified atom stereocenters. The predicted octanol–water partition coefficient (Wildman–Crippen LogP) is 2.65. The highest BCUT2D eigenvalue weighted by Crippen LogP contribution is 2.30. The molecule has 0 bridgehead atoms. The minimum Gasteiger partial charge on any atom is -0.508 e. The molecule has 1 aromatic carbocycles. The summed E-state index contributed by atoms with van der Waals surface area (Å²) in [5.74, 6) is 0.421. The van der Waals surface area contributed by atoms with Gasteiger partial charge in [-0.25, -0.2) is 5.48 Å². The molecule has 0 atom stereocenters. The molecular weight excluding hydrogens is 202 g/mol. The van der Waals surface area contributed by atoms with E-state index in [1.807, 2.05) is 19.3 Å². The van der Waals surface area contributed by atoms with Gasteiger partial charge in [0, 0.05) is 17.1 Å². The van der Waals surface area contributed by atoms with Gasteiger partial charge >= 0.3 is 0 Å². The van der Waals surface area contributed by atoms with Gasteiger partial charge in [0.15, 0.2) is 0 Å². The van der Waals surface area contributed by atoms with Gasteiger partial charge in [-0.05, 0) is 23.6 Å². The van der Waals surface area contributed by atoms with Gasteiger partial charge in [0.2, 0.25) is 0 Å². The summed E-state index contributed by atoms with van der Waals surface area (Å²) in [4.78, 5) is 0. The normalized spacial score (nSPS) is 10.9. The number of aromatic hydroxyl groups is 1. The predicted molar refractivity (Wildman–Crippen MR) is 55.8 cm³/mol. The van der Waals surface area contributed by atoms with Crippen molar-refractivity contribution in [2.45, 2.75) is 26.3 Å². The van der Waals surface area contributed by atoms with Crippen LogP contribution in [0.2, 0.25) is 5.02 Å². The number of hydrogen-bond donors (Lipinski definition) is 3. The third-order valence-corrected chi connectivity index (χ3v) is 2.42. The van der Waals surface area contributed by atoms with Crippen LogP contribution in [0, 0.1) is 0 Å². The maximum Gasteiger partial charge on any atom is 0.120 e. The third-order valence-electron chi connectivity index (χ3n) is 2.09. The molecule has 0 aromatic heterocycles. The summed E-state index contributed by atoms with van der Waals surface area (Å²) in [5.41, 5.74) is 3.48. The average molecular weight is 216 g/mol. The Kier molecular flexibility index (Phi) is 3.75. The Morgan fingerprint density at radius 3 is 2.57 bits per heavy atom. The van der Waals surface area contributed by atoms with E-state index in [-0.39, 0.29) is 18.2 Å². The molecular formula is C10H14ClNO2. The largest absolute Gasteiger partial charge is 0.508 e. The molecule has 0 saturated heterocycles. The third kappa shape index (κ3) is 2.38. The molecule has 14 heavy (non-hydrogen) atoms. The molecule has 0 spiro atoms. The lowest BCUT2D eigenvalue weighted by Crippen LogP contribution is -2.06. The summed E-state index contributed by atoms with van der Waals surface area (Å²) in [6, 6.07) is 3.30. The Bertz CT molecular complexity index is 326. The molecule has 0 aliphatic rings. The molecule has 0 heterocycles. The summed E-state index contributed by atoms with van der Waals surface area (Å²) in [6.45, 7) is 4.19. The second kappa shape index (κ2) is 4.64. The fraction of sp³-hybridized carbons (Fsp3) is 0.400. The number of rotatable bonds is 3. The van der Waals surface area contributed by atoms with Crippen molar-refractivity contribution in [3.8, 4) is 5.75 Å². The van der Waals surface area contributed by atoms with Crippen LogP contribution in [0.5, 0.6) is 5.75 Å². The van der Waals surface area contributed by atoms with E-state index in [9.17, 15) is 5.11 Å². The number of halogens is 1. The summed E-state index contributed by atoms with van der Waals surface area (Å²) < 4.78 is 0. The lowest BCUT2D eigenvalue weighted by molar-refractivity contribution is 0.160. The van der Waals surface area contributed by atoms with Crippen LogP contribution in [0.3, 0.4) is 0 Å². The van der Waals surface area contributed by atoms with Crippen LogP contribution in [-0.4, -0.2) is 10.3 Å². The number of phenolic OH excluding ortho intramolecular Hbond substituents is 1. The highest BCUT2D eigenvalue weighted by Gasteiger charge is 2.10. The molecule has 0 radical (unpaired) electrons. The molecule has 1 aromatic rings. The Hall–Kier alpha value is -0.770. The fourth-order valence-corrected chi connectivity index (χ4v) is 1.69. The van der Waals surface area contributed by atoms with Crippen molar-refractivity contribution in [2.75, 3.05) is 0 Å². The monoisotopic (exact) mass is 215 g/mol. The van der Waals surface area contributed by atoms with Crippen LogP contribution in [0.4, 0.5) is 0 Å². The number of hydrogen-bond acceptors (Lipinski definition) is 3. The van der Waals surface area contributed by atoms with E-state index in [1.165, 1.54) is 0 Å². The van der Waals surface area contributed by atoms with Crippen LogP contribution in [0.1, 0.15) is 30.9 Å². The summed E-state index contributed by atoms with van der Waals surface area (Å²) in [7, 11) is 0. The standard InChI is InChI=1S/C10H14ClNO2/c1-6(2)8-4-10(13)7(5-12-14)3-9(8)11/h3-4,6,12-14H,5H2,1-2H3. The maximum atomic E-state index is 9.59. The lowest BCUT2D eigenvalue weighted by atomic mass is 10.0. The van der Waals surface area contributed by atoms with Crippen LogP contribution in [-0.2, 0) is 6.54 Å². The van der Waals surface area contributed by atoms with E-state index in [2.05, 4.69) is 0 Å². The zero-order chi connectivity index (χ0) is 10.7. The van der Waals surface area contributed by atoms with Crippen molar-refractivity contribution in [3.63, 3.8) is 0 Å². The topological polar surface area (TPSA) is 52.5 Å². The molecule has 0 saturated carbocycles. The van der Waals surface area contributed by atoms with E-state index in [4.69, 9.17) is 16.8 Å². The van der Waals surface area contributed by atoms with Crippen molar-refractivity contribution >= 4 is 11.6 Å². The van der Waals surface area contributed by atoms with Crippen LogP contribution >= 0.6 is 11.6 Å². The highest BCUT2D eigenvalue weighted by atomic mass is 35.5. The molecule has 0 fully saturated rings. The molecule has 78 valence electrons. The van der Waals surface area contributed by atoms with Gasteiger partial charge in [-0.2, -0.15) is 0 Å². The van der Waals surface area contributed by atoms with E-state index in [1.54, 1.807) is 12.1 Å². The molecule has 0 amide bonds. The number of phenols is 1.